The molecule has 0 aromatic carbocycles. The van der Waals surface area contributed by atoms with Crippen LogP contribution < -0.4 is 9.19 Å². The normalized spacial score (nSPS) is 14.3. The number of carbonyl (C=O) groups excluding carboxylic acids is 1. The Bertz CT molecular complexity index is 879. The number of hydrogen-bond acceptors (Lipinski definition) is 8. The maximum Gasteiger partial charge on any atom is 0.534 e. The summed E-state index contributed by atoms with van der Waals surface area (Å²) in [5.41, 5.74) is -6.36. The maximum absolute atomic E-state index is 12.4. The van der Waals surface area contributed by atoms with Gasteiger partial charge in [0.25, 0.3) is 0 Å². The molecule has 1 amide bonds. The van der Waals surface area contributed by atoms with E-state index in [0.717, 1.165) is 17.1 Å². The van der Waals surface area contributed by atoms with Gasteiger partial charge in [-0.05, 0) is 25.1 Å². The maximum atomic E-state index is 12.4. The summed E-state index contributed by atoms with van der Waals surface area (Å²) in [7, 11) is -5.95. The number of hydrogen-bond donors (Lipinski definition) is 0. The van der Waals surface area contributed by atoms with Crippen LogP contribution in [0.5, 0.6) is 5.75 Å². The summed E-state index contributed by atoms with van der Waals surface area (Å²) in [6.07, 6.45) is 2.29. The molecular weight excluding hydrogens is 381 g/mol. The first-order chi connectivity index (χ1) is 12.1. The van der Waals surface area contributed by atoms with Gasteiger partial charge in [-0.2, -0.15) is 26.9 Å². The van der Waals surface area contributed by atoms with E-state index in [1.807, 2.05) is 0 Å². The number of pyridine rings is 1. The van der Waals surface area contributed by atoms with Gasteiger partial charge in [-0.3, -0.25) is 0 Å². The second-order valence-electron chi connectivity index (χ2n) is 4.62. The van der Waals surface area contributed by atoms with Crippen molar-refractivity contribution >= 4 is 22.0 Å². The molecule has 0 unspecified atom stereocenters. The van der Waals surface area contributed by atoms with E-state index in [1.165, 1.54) is 17.3 Å². The Balaban J connectivity index is 2.33. The van der Waals surface area contributed by atoms with Crippen LogP contribution in [0.4, 0.5) is 23.8 Å². The number of amides is 1. The molecule has 0 atom stereocenters. The quantitative estimate of drug-likeness (QED) is 0.564. The van der Waals surface area contributed by atoms with Crippen LogP contribution in [0, 0.1) is 11.3 Å². The van der Waals surface area contributed by atoms with Crippen molar-refractivity contribution in [2.75, 3.05) is 18.2 Å². The Labute approximate surface area is 145 Å². The predicted octanol–water partition coefficient (Wildman–Crippen LogP) is 1.89. The number of anilines is 1. The fraction of sp³-hybridized carbons (Fsp3) is 0.308. The van der Waals surface area contributed by atoms with Crippen LogP contribution in [0.25, 0.3) is 0 Å². The smallest absolute Gasteiger partial charge is 0.448 e. The van der Waals surface area contributed by atoms with Crippen LogP contribution in [-0.4, -0.2) is 43.2 Å². The van der Waals surface area contributed by atoms with Gasteiger partial charge in [0, 0.05) is 6.20 Å². The zero-order valence-corrected chi connectivity index (χ0v) is 13.9. The number of aromatic nitrogens is 1. The van der Waals surface area contributed by atoms with Gasteiger partial charge in [0.15, 0.2) is 17.3 Å². The molecule has 0 N–H and O–H groups in total. The van der Waals surface area contributed by atoms with Crippen LogP contribution in [0.1, 0.15) is 12.6 Å². The zero-order valence-electron chi connectivity index (χ0n) is 13.1. The molecule has 1 aromatic heterocycles. The Hall–Kier alpha value is -3.01. The number of ether oxygens (including phenoxy) is 1. The summed E-state index contributed by atoms with van der Waals surface area (Å²) in [5, 5.41) is 11.3. The van der Waals surface area contributed by atoms with Crippen LogP contribution >= 0.6 is 0 Å². The second-order valence-corrected chi connectivity index (χ2v) is 6.16. The van der Waals surface area contributed by atoms with E-state index >= 15 is 0 Å². The van der Waals surface area contributed by atoms with Crippen molar-refractivity contribution in [3.8, 4) is 11.8 Å². The SMILES string of the molecule is CCOC(=O)N1CC=CN1c1ccc(OS(=O)(=O)C(F)(F)F)c(C#N)n1. The topological polar surface area (TPSA) is 113 Å². The third-order valence-corrected chi connectivity index (χ3v) is 3.90. The van der Waals surface area contributed by atoms with Gasteiger partial charge in [0.05, 0.1) is 13.2 Å². The summed E-state index contributed by atoms with van der Waals surface area (Å²) in [4.78, 5) is 15.6. The minimum atomic E-state index is -5.95. The first kappa shape index (κ1) is 19.3. The first-order valence-electron chi connectivity index (χ1n) is 6.92. The van der Waals surface area contributed by atoms with Crippen molar-refractivity contribution in [3.05, 3.63) is 30.1 Å². The zero-order chi connectivity index (χ0) is 19.5. The summed E-state index contributed by atoms with van der Waals surface area (Å²) in [6, 6.07) is 3.37. The van der Waals surface area contributed by atoms with Crippen LogP contribution in [0.15, 0.2) is 24.4 Å². The highest BCUT2D eigenvalue weighted by molar-refractivity contribution is 7.88. The lowest BCUT2D eigenvalue weighted by Crippen LogP contribution is -2.41. The number of hydrazine groups is 1. The van der Waals surface area contributed by atoms with Gasteiger partial charge >= 0.3 is 21.7 Å². The summed E-state index contributed by atoms with van der Waals surface area (Å²) in [5.74, 6) is -0.917. The van der Waals surface area contributed by atoms with E-state index < -0.39 is 33.2 Å². The third kappa shape index (κ3) is 3.80. The van der Waals surface area contributed by atoms with Crippen molar-refractivity contribution in [2.45, 2.75) is 12.4 Å². The van der Waals surface area contributed by atoms with Crippen LogP contribution in [-0.2, 0) is 14.9 Å². The average Bonchev–Trinajstić information content (AvgIpc) is 3.03. The Morgan fingerprint density at radius 1 is 1.42 bits per heavy atom. The number of carbonyl (C=O) groups is 1. The second kappa shape index (κ2) is 7.08. The molecule has 140 valence electrons. The third-order valence-electron chi connectivity index (χ3n) is 2.93. The van der Waals surface area contributed by atoms with Crippen molar-refractivity contribution < 1.29 is 35.3 Å². The van der Waals surface area contributed by atoms with Crippen LogP contribution in [0.3, 0.4) is 0 Å². The molecule has 1 aliphatic heterocycles. The molecule has 2 heterocycles. The minimum absolute atomic E-state index is 0.0277. The summed E-state index contributed by atoms with van der Waals surface area (Å²) >= 11 is 0. The Kier molecular flexibility index (Phi) is 5.26. The number of nitrogens with zero attached hydrogens (tertiary/aromatic N) is 4. The lowest BCUT2D eigenvalue weighted by molar-refractivity contribution is -0.0500. The van der Waals surface area contributed by atoms with Crippen molar-refractivity contribution in [1.82, 2.24) is 9.99 Å². The standard InChI is InChI=1S/C13H11F3N4O5S/c1-2-24-12(21)20-7-3-6-19(20)11-5-4-10(9(8-17)18-11)25-26(22,23)13(14,15)16/h3-6H,2,7H2,1H3. The van der Waals surface area contributed by atoms with Gasteiger partial charge in [-0.1, -0.05) is 0 Å². The Morgan fingerprint density at radius 2 is 2.12 bits per heavy atom. The molecule has 13 heteroatoms. The first-order valence-corrected chi connectivity index (χ1v) is 8.33. The van der Waals surface area contributed by atoms with Crippen molar-refractivity contribution in [1.29, 1.82) is 5.26 Å². The number of halogens is 3. The lowest BCUT2D eigenvalue weighted by Gasteiger charge is -2.27. The summed E-state index contributed by atoms with van der Waals surface area (Å²) < 4.78 is 68.1. The highest BCUT2D eigenvalue weighted by Gasteiger charge is 2.49. The van der Waals surface area contributed by atoms with Crippen molar-refractivity contribution in [3.63, 3.8) is 0 Å². The monoisotopic (exact) mass is 392 g/mol. The fourth-order valence-electron chi connectivity index (χ4n) is 1.85. The highest BCUT2D eigenvalue weighted by Crippen LogP contribution is 2.30. The molecular formula is C13H11F3N4O5S. The molecule has 0 bridgehead atoms. The summed E-state index contributed by atoms with van der Waals surface area (Å²) in [6.45, 7) is 1.86. The van der Waals surface area contributed by atoms with Gasteiger partial charge in [0.2, 0.25) is 0 Å². The fourth-order valence-corrected chi connectivity index (χ4v) is 2.32. The van der Waals surface area contributed by atoms with E-state index in [1.54, 1.807) is 13.0 Å². The number of nitriles is 1. The molecule has 1 aliphatic rings. The molecule has 0 fully saturated rings. The molecule has 1 aromatic rings. The molecule has 9 nitrogen and oxygen atoms in total. The largest absolute Gasteiger partial charge is 0.534 e. The number of alkyl halides is 3. The van der Waals surface area contributed by atoms with E-state index in [9.17, 15) is 26.4 Å². The van der Waals surface area contributed by atoms with Gasteiger partial charge < -0.3 is 8.92 Å². The molecule has 0 aliphatic carbocycles. The molecule has 26 heavy (non-hydrogen) atoms. The van der Waals surface area contributed by atoms with E-state index in [-0.39, 0.29) is 19.0 Å². The number of rotatable bonds is 4. The highest BCUT2D eigenvalue weighted by atomic mass is 32.2. The van der Waals surface area contributed by atoms with Gasteiger partial charge in [-0.15, -0.1) is 0 Å². The molecule has 0 saturated heterocycles. The predicted molar refractivity (Wildman–Crippen MR) is 79.9 cm³/mol. The molecule has 0 spiro atoms. The minimum Gasteiger partial charge on any atom is -0.448 e. The molecule has 2 rings (SSSR count). The van der Waals surface area contributed by atoms with Gasteiger partial charge in [0.1, 0.15) is 6.07 Å². The van der Waals surface area contributed by atoms with E-state index in [2.05, 4.69) is 9.17 Å². The van der Waals surface area contributed by atoms with E-state index in [4.69, 9.17) is 10.00 Å². The molecule has 0 radical (unpaired) electrons. The van der Waals surface area contributed by atoms with Gasteiger partial charge in [-0.25, -0.2) is 19.8 Å². The van der Waals surface area contributed by atoms with E-state index in [0.29, 0.717) is 0 Å². The lowest BCUT2D eigenvalue weighted by atomic mass is 10.3. The van der Waals surface area contributed by atoms with Crippen LogP contribution in [0.2, 0.25) is 0 Å². The average molecular weight is 392 g/mol. The molecule has 0 saturated carbocycles. The van der Waals surface area contributed by atoms with Crippen molar-refractivity contribution in [2.24, 2.45) is 0 Å². The Morgan fingerprint density at radius 3 is 2.69 bits per heavy atom.